The van der Waals surface area contributed by atoms with Crippen LogP contribution in [0.3, 0.4) is 0 Å². The average molecular weight is 274 g/mol. The summed E-state index contributed by atoms with van der Waals surface area (Å²) in [6, 6.07) is 7.48. The number of nitrogens with zero attached hydrogens (tertiary/aromatic N) is 2. The molecule has 0 aliphatic rings. The predicted molar refractivity (Wildman–Crippen MR) is 78.5 cm³/mol. The molecule has 0 bridgehead atoms. The lowest BCUT2D eigenvalue weighted by atomic mass is 10.2. The fourth-order valence-corrected chi connectivity index (χ4v) is 1.91. The van der Waals surface area contributed by atoms with E-state index in [4.69, 9.17) is 10.5 Å². The smallest absolute Gasteiger partial charge is 0.291 e. The largest absolute Gasteiger partial charge is 0.497 e. The molecule has 1 heterocycles. The Hall–Kier alpha value is -2.34. The van der Waals surface area contributed by atoms with Crippen molar-refractivity contribution in [1.29, 1.82) is 0 Å². The zero-order chi connectivity index (χ0) is 14.4. The van der Waals surface area contributed by atoms with Crippen LogP contribution in [0.15, 0.2) is 41.5 Å². The molecule has 6 heteroatoms. The van der Waals surface area contributed by atoms with Gasteiger partial charge in [-0.2, -0.15) is 0 Å². The molecule has 6 nitrogen and oxygen atoms in total. The molecule has 0 aliphatic carbocycles. The van der Waals surface area contributed by atoms with E-state index in [9.17, 15) is 4.79 Å². The normalized spacial score (nSPS) is 10.3. The van der Waals surface area contributed by atoms with Gasteiger partial charge in [0.2, 0.25) is 0 Å². The number of aromatic amines is 1. The second-order valence-electron chi connectivity index (χ2n) is 4.23. The second kappa shape index (κ2) is 6.72. The van der Waals surface area contributed by atoms with Crippen molar-refractivity contribution in [3.63, 3.8) is 0 Å². The second-order valence-corrected chi connectivity index (χ2v) is 4.23. The van der Waals surface area contributed by atoms with Crippen LogP contribution in [0.5, 0.6) is 5.75 Å². The van der Waals surface area contributed by atoms with Gasteiger partial charge in [-0.05, 0) is 37.2 Å². The highest BCUT2D eigenvalue weighted by atomic mass is 16.5. The predicted octanol–water partition coefficient (Wildman–Crippen LogP) is 1.27. The summed E-state index contributed by atoms with van der Waals surface area (Å²) in [5.41, 5.74) is 6.22. The summed E-state index contributed by atoms with van der Waals surface area (Å²) in [4.78, 5) is 20.6. The van der Waals surface area contributed by atoms with Gasteiger partial charge in [-0.3, -0.25) is 4.79 Å². The van der Waals surface area contributed by atoms with E-state index >= 15 is 0 Å². The van der Waals surface area contributed by atoms with Crippen molar-refractivity contribution in [3.05, 3.63) is 47.0 Å². The molecule has 0 unspecified atom stereocenters. The third-order valence-corrected chi connectivity index (χ3v) is 2.91. The molecule has 0 fully saturated rings. The van der Waals surface area contributed by atoms with Crippen LogP contribution >= 0.6 is 0 Å². The number of rotatable bonds is 6. The van der Waals surface area contributed by atoms with E-state index in [1.54, 1.807) is 13.3 Å². The van der Waals surface area contributed by atoms with Crippen LogP contribution < -0.4 is 20.9 Å². The molecule has 0 saturated heterocycles. The first kappa shape index (κ1) is 14.1. The van der Waals surface area contributed by atoms with Crippen molar-refractivity contribution >= 4 is 11.5 Å². The minimum absolute atomic E-state index is 0.222. The number of aromatic nitrogens is 2. The number of nitrogens with one attached hydrogen (secondary N) is 1. The van der Waals surface area contributed by atoms with Crippen molar-refractivity contribution in [2.45, 2.75) is 6.42 Å². The number of nitrogens with two attached hydrogens (primary N) is 1. The van der Waals surface area contributed by atoms with Gasteiger partial charge in [-0.15, -0.1) is 0 Å². The monoisotopic (exact) mass is 274 g/mol. The summed E-state index contributed by atoms with van der Waals surface area (Å²) in [5, 5.41) is 0. The molecular weight excluding hydrogens is 256 g/mol. The third kappa shape index (κ3) is 3.16. The first-order valence-corrected chi connectivity index (χ1v) is 6.41. The van der Waals surface area contributed by atoms with Gasteiger partial charge in [0.15, 0.2) is 5.82 Å². The number of methoxy groups -OCH3 is 1. The van der Waals surface area contributed by atoms with E-state index in [-0.39, 0.29) is 5.56 Å². The number of hydrogen-bond acceptors (Lipinski definition) is 5. The summed E-state index contributed by atoms with van der Waals surface area (Å²) in [7, 11) is 1.62. The van der Waals surface area contributed by atoms with Gasteiger partial charge < -0.3 is 20.4 Å². The Labute approximate surface area is 117 Å². The lowest BCUT2D eigenvalue weighted by Gasteiger charge is -2.22. The van der Waals surface area contributed by atoms with E-state index in [0.717, 1.165) is 17.9 Å². The summed E-state index contributed by atoms with van der Waals surface area (Å²) in [6.45, 7) is 1.18. The lowest BCUT2D eigenvalue weighted by Crippen LogP contribution is -2.28. The molecule has 1 aromatic carbocycles. The molecule has 20 heavy (non-hydrogen) atoms. The Morgan fingerprint density at radius 1 is 1.35 bits per heavy atom. The van der Waals surface area contributed by atoms with Crippen molar-refractivity contribution in [1.82, 2.24) is 9.97 Å². The van der Waals surface area contributed by atoms with E-state index in [0.29, 0.717) is 18.9 Å². The Morgan fingerprint density at radius 2 is 2.10 bits per heavy atom. The molecule has 2 rings (SSSR count). The van der Waals surface area contributed by atoms with Gasteiger partial charge in [-0.1, -0.05) is 0 Å². The maximum Gasteiger partial charge on any atom is 0.291 e. The topological polar surface area (TPSA) is 84.2 Å². The van der Waals surface area contributed by atoms with Crippen LogP contribution in [0.25, 0.3) is 0 Å². The maximum atomic E-state index is 11.9. The molecule has 106 valence electrons. The fraction of sp³-hybridized carbons (Fsp3) is 0.286. The SMILES string of the molecule is COc1ccc(N(CCCN)c2ncc[nH]c2=O)cc1. The molecule has 0 spiro atoms. The van der Waals surface area contributed by atoms with Gasteiger partial charge in [0.1, 0.15) is 5.75 Å². The van der Waals surface area contributed by atoms with E-state index in [2.05, 4.69) is 9.97 Å². The number of hydrogen-bond donors (Lipinski definition) is 2. The minimum atomic E-state index is -0.222. The summed E-state index contributed by atoms with van der Waals surface area (Å²) in [5.74, 6) is 1.13. The van der Waals surface area contributed by atoms with Crippen molar-refractivity contribution in [3.8, 4) is 5.75 Å². The number of anilines is 2. The summed E-state index contributed by atoms with van der Waals surface area (Å²) < 4.78 is 5.14. The van der Waals surface area contributed by atoms with Gasteiger partial charge in [0, 0.05) is 24.6 Å². The van der Waals surface area contributed by atoms with Gasteiger partial charge in [0.25, 0.3) is 5.56 Å². The first-order chi connectivity index (χ1) is 9.76. The van der Waals surface area contributed by atoms with Crippen LogP contribution in [0.4, 0.5) is 11.5 Å². The van der Waals surface area contributed by atoms with Crippen molar-refractivity contribution < 1.29 is 4.74 Å². The average Bonchev–Trinajstić information content (AvgIpc) is 2.50. The summed E-state index contributed by atoms with van der Waals surface area (Å²) in [6.07, 6.45) is 3.85. The Kier molecular flexibility index (Phi) is 4.73. The molecule has 0 aliphatic heterocycles. The summed E-state index contributed by atoms with van der Waals surface area (Å²) >= 11 is 0. The van der Waals surface area contributed by atoms with Crippen LogP contribution in [0.2, 0.25) is 0 Å². The highest BCUT2D eigenvalue weighted by Gasteiger charge is 2.13. The van der Waals surface area contributed by atoms with E-state index in [1.807, 2.05) is 29.2 Å². The molecule has 1 aromatic heterocycles. The molecule has 0 saturated carbocycles. The standard InChI is InChI=1S/C14H18N4O2/c1-20-12-5-3-11(4-6-12)18(10-2-7-15)13-14(19)17-9-8-16-13/h3-6,8-9H,2,7,10,15H2,1H3,(H,17,19). The Balaban J connectivity index is 2.36. The zero-order valence-corrected chi connectivity index (χ0v) is 11.4. The van der Waals surface area contributed by atoms with Crippen LogP contribution in [0, 0.1) is 0 Å². The van der Waals surface area contributed by atoms with E-state index in [1.165, 1.54) is 6.20 Å². The van der Waals surface area contributed by atoms with Gasteiger partial charge >= 0.3 is 0 Å². The maximum absolute atomic E-state index is 11.9. The quantitative estimate of drug-likeness (QED) is 0.828. The zero-order valence-electron chi connectivity index (χ0n) is 11.4. The molecule has 0 atom stereocenters. The van der Waals surface area contributed by atoms with Gasteiger partial charge in [-0.25, -0.2) is 4.98 Å². The van der Waals surface area contributed by atoms with Crippen molar-refractivity contribution in [2.75, 3.05) is 25.1 Å². The molecule has 3 N–H and O–H groups in total. The first-order valence-electron chi connectivity index (χ1n) is 6.41. The fourth-order valence-electron chi connectivity index (χ4n) is 1.91. The molecule has 0 radical (unpaired) electrons. The number of ether oxygens (including phenoxy) is 1. The van der Waals surface area contributed by atoms with Crippen LogP contribution in [-0.2, 0) is 0 Å². The number of benzene rings is 1. The lowest BCUT2D eigenvalue weighted by molar-refractivity contribution is 0.415. The third-order valence-electron chi connectivity index (χ3n) is 2.91. The molecule has 2 aromatic rings. The van der Waals surface area contributed by atoms with Gasteiger partial charge in [0.05, 0.1) is 7.11 Å². The number of H-pyrrole nitrogens is 1. The highest BCUT2D eigenvalue weighted by Crippen LogP contribution is 2.23. The van der Waals surface area contributed by atoms with Crippen LogP contribution in [0.1, 0.15) is 6.42 Å². The Bertz CT molecular complexity index is 595. The molecular formula is C14H18N4O2. The molecule has 0 amide bonds. The van der Waals surface area contributed by atoms with Crippen molar-refractivity contribution in [2.24, 2.45) is 5.73 Å². The highest BCUT2D eigenvalue weighted by molar-refractivity contribution is 5.59. The van der Waals surface area contributed by atoms with E-state index < -0.39 is 0 Å². The Morgan fingerprint density at radius 3 is 2.70 bits per heavy atom. The minimum Gasteiger partial charge on any atom is -0.497 e. The van der Waals surface area contributed by atoms with Crippen LogP contribution in [-0.4, -0.2) is 30.2 Å².